The van der Waals surface area contributed by atoms with Crippen LogP contribution in [-0.2, 0) is 11.2 Å². The minimum absolute atomic E-state index is 0.0514. The number of nitro benzene ring substituents is 1. The standard InChI is InChI=1S/C17H18N2O4/c1-2-23-16-9-4-3-6-13(16)10-11-17(20)18-14-7-5-8-15(12-14)19(21)22/h3-9,12H,2,10-11H2,1H3,(H,18,20). The van der Waals surface area contributed by atoms with Gasteiger partial charge in [-0.2, -0.15) is 0 Å². The molecule has 0 bridgehead atoms. The van der Waals surface area contributed by atoms with E-state index in [0.29, 0.717) is 18.7 Å². The topological polar surface area (TPSA) is 81.5 Å². The number of benzene rings is 2. The maximum atomic E-state index is 12.0. The number of amides is 1. The third-order valence-electron chi connectivity index (χ3n) is 3.23. The molecule has 0 heterocycles. The summed E-state index contributed by atoms with van der Waals surface area (Å²) in [4.78, 5) is 22.2. The van der Waals surface area contributed by atoms with Crippen LogP contribution in [0.3, 0.4) is 0 Å². The molecule has 0 aliphatic heterocycles. The molecule has 0 radical (unpaired) electrons. The Morgan fingerprint density at radius 2 is 2.00 bits per heavy atom. The highest BCUT2D eigenvalue weighted by Gasteiger charge is 2.09. The number of rotatable bonds is 7. The van der Waals surface area contributed by atoms with Crippen molar-refractivity contribution >= 4 is 17.3 Å². The minimum atomic E-state index is -0.492. The zero-order valence-electron chi connectivity index (χ0n) is 12.8. The van der Waals surface area contributed by atoms with Gasteiger partial charge in [-0.25, -0.2) is 0 Å². The number of nitro groups is 1. The van der Waals surface area contributed by atoms with E-state index in [-0.39, 0.29) is 18.0 Å². The van der Waals surface area contributed by atoms with Crippen molar-refractivity contribution in [2.75, 3.05) is 11.9 Å². The van der Waals surface area contributed by atoms with Crippen LogP contribution in [0.5, 0.6) is 5.75 Å². The fourth-order valence-corrected chi connectivity index (χ4v) is 2.18. The van der Waals surface area contributed by atoms with Gasteiger partial charge in [0.15, 0.2) is 0 Å². The van der Waals surface area contributed by atoms with Crippen molar-refractivity contribution < 1.29 is 14.5 Å². The zero-order chi connectivity index (χ0) is 16.7. The largest absolute Gasteiger partial charge is 0.494 e. The molecule has 2 aromatic carbocycles. The fourth-order valence-electron chi connectivity index (χ4n) is 2.18. The molecule has 0 aliphatic rings. The molecule has 0 fully saturated rings. The molecule has 6 heteroatoms. The molecule has 120 valence electrons. The Kier molecular flexibility index (Phi) is 5.68. The van der Waals surface area contributed by atoms with E-state index in [1.165, 1.54) is 18.2 Å². The Labute approximate surface area is 134 Å². The van der Waals surface area contributed by atoms with E-state index >= 15 is 0 Å². The van der Waals surface area contributed by atoms with Gasteiger partial charge < -0.3 is 10.1 Å². The van der Waals surface area contributed by atoms with E-state index in [2.05, 4.69) is 5.32 Å². The van der Waals surface area contributed by atoms with Gasteiger partial charge in [-0.05, 0) is 31.0 Å². The third kappa shape index (κ3) is 4.81. The van der Waals surface area contributed by atoms with Gasteiger partial charge in [0, 0.05) is 24.2 Å². The van der Waals surface area contributed by atoms with E-state index in [0.717, 1.165) is 11.3 Å². The molecule has 0 saturated heterocycles. The first kappa shape index (κ1) is 16.5. The molecule has 0 aromatic heterocycles. The number of hydrogen-bond donors (Lipinski definition) is 1. The number of non-ortho nitro benzene ring substituents is 1. The highest BCUT2D eigenvalue weighted by Crippen LogP contribution is 2.20. The predicted molar refractivity (Wildman–Crippen MR) is 87.7 cm³/mol. The van der Waals surface area contributed by atoms with E-state index in [1.54, 1.807) is 6.07 Å². The lowest BCUT2D eigenvalue weighted by Gasteiger charge is -2.10. The molecule has 0 unspecified atom stereocenters. The number of anilines is 1. The molecule has 1 amide bonds. The van der Waals surface area contributed by atoms with Crippen molar-refractivity contribution in [2.24, 2.45) is 0 Å². The average Bonchev–Trinajstić information content (AvgIpc) is 2.54. The van der Waals surface area contributed by atoms with Crippen molar-refractivity contribution in [2.45, 2.75) is 19.8 Å². The molecule has 23 heavy (non-hydrogen) atoms. The molecule has 2 aromatic rings. The Balaban J connectivity index is 1.95. The van der Waals surface area contributed by atoms with Crippen molar-refractivity contribution in [1.29, 1.82) is 0 Å². The maximum Gasteiger partial charge on any atom is 0.271 e. The normalized spacial score (nSPS) is 10.1. The first-order chi connectivity index (χ1) is 11.1. The summed E-state index contributed by atoms with van der Waals surface area (Å²) in [5.41, 5.74) is 1.33. The highest BCUT2D eigenvalue weighted by atomic mass is 16.6. The number of para-hydroxylation sites is 1. The van der Waals surface area contributed by atoms with Gasteiger partial charge in [0.1, 0.15) is 5.75 Å². The summed E-state index contributed by atoms with van der Waals surface area (Å²) in [6.07, 6.45) is 0.809. The summed E-state index contributed by atoms with van der Waals surface area (Å²) >= 11 is 0. The van der Waals surface area contributed by atoms with Crippen molar-refractivity contribution in [3.05, 3.63) is 64.2 Å². The van der Waals surface area contributed by atoms with Gasteiger partial charge in [-0.15, -0.1) is 0 Å². The number of nitrogens with zero attached hydrogens (tertiary/aromatic N) is 1. The average molecular weight is 314 g/mol. The lowest BCUT2D eigenvalue weighted by Crippen LogP contribution is -2.12. The molecule has 1 N–H and O–H groups in total. The lowest BCUT2D eigenvalue weighted by atomic mass is 10.1. The Hall–Kier alpha value is -2.89. The van der Waals surface area contributed by atoms with Crippen LogP contribution in [0.4, 0.5) is 11.4 Å². The fraction of sp³-hybridized carbons (Fsp3) is 0.235. The van der Waals surface area contributed by atoms with Crippen LogP contribution in [0.1, 0.15) is 18.9 Å². The number of aryl methyl sites for hydroxylation is 1. The van der Waals surface area contributed by atoms with Crippen LogP contribution in [0.25, 0.3) is 0 Å². The van der Waals surface area contributed by atoms with Crippen molar-refractivity contribution in [1.82, 2.24) is 0 Å². The molecule has 0 saturated carbocycles. The number of hydrogen-bond acceptors (Lipinski definition) is 4. The second kappa shape index (κ2) is 7.93. The summed E-state index contributed by atoms with van der Waals surface area (Å²) in [5, 5.41) is 13.4. The molecule has 6 nitrogen and oxygen atoms in total. The molecule has 2 rings (SSSR count). The second-order valence-electron chi connectivity index (χ2n) is 4.90. The van der Waals surface area contributed by atoms with Crippen LogP contribution in [0, 0.1) is 10.1 Å². The van der Waals surface area contributed by atoms with Gasteiger partial charge >= 0.3 is 0 Å². The summed E-state index contributed by atoms with van der Waals surface area (Å²) in [7, 11) is 0. The predicted octanol–water partition coefficient (Wildman–Crippen LogP) is 3.56. The summed E-state index contributed by atoms with van der Waals surface area (Å²) in [6, 6.07) is 13.5. The van der Waals surface area contributed by atoms with Gasteiger partial charge in [0.25, 0.3) is 5.69 Å². The number of carbonyl (C=O) groups excluding carboxylic acids is 1. The Morgan fingerprint density at radius 3 is 2.74 bits per heavy atom. The molecule has 0 spiro atoms. The van der Waals surface area contributed by atoms with Crippen LogP contribution in [0.15, 0.2) is 48.5 Å². The smallest absolute Gasteiger partial charge is 0.271 e. The summed E-state index contributed by atoms with van der Waals surface area (Å²) in [6.45, 7) is 2.47. The van der Waals surface area contributed by atoms with Crippen molar-refractivity contribution in [3.8, 4) is 5.75 Å². The monoisotopic (exact) mass is 314 g/mol. The van der Waals surface area contributed by atoms with Gasteiger partial charge in [-0.1, -0.05) is 24.3 Å². The number of ether oxygens (including phenoxy) is 1. The maximum absolute atomic E-state index is 12.0. The van der Waals surface area contributed by atoms with Crippen LogP contribution in [0.2, 0.25) is 0 Å². The zero-order valence-corrected chi connectivity index (χ0v) is 12.8. The summed E-state index contributed by atoms with van der Waals surface area (Å²) in [5.74, 6) is 0.579. The highest BCUT2D eigenvalue weighted by molar-refractivity contribution is 5.91. The van der Waals surface area contributed by atoms with Crippen LogP contribution >= 0.6 is 0 Å². The molecule has 0 aliphatic carbocycles. The SMILES string of the molecule is CCOc1ccccc1CCC(=O)Nc1cccc([N+](=O)[O-])c1. The lowest BCUT2D eigenvalue weighted by molar-refractivity contribution is -0.384. The Bertz CT molecular complexity index is 700. The number of nitrogens with one attached hydrogen (secondary N) is 1. The van der Waals surface area contributed by atoms with Crippen LogP contribution < -0.4 is 10.1 Å². The molecular weight excluding hydrogens is 296 g/mol. The first-order valence-electron chi connectivity index (χ1n) is 7.35. The second-order valence-corrected chi connectivity index (χ2v) is 4.90. The van der Waals surface area contributed by atoms with E-state index < -0.39 is 4.92 Å². The third-order valence-corrected chi connectivity index (χ3v) is 3.23. The van der Waals surface area contributed by atoms with Gasteiger partial charge in [-0.3, -0.25) is 14.9 Å². The van der Waals surface area contributed by atoms with Crippen LogP contribution in [-0.4, -0.2) is 17.4 Å². The Morgan fingerprint density at radius 1 is 1.22 bits per heavy atom. The summed E-state index contributed by atoms with van der Waals surface area (Å²) < 4.78 is 5.52. The first-order valence-corrected chi connectivity index (χ1v) is 7.35. The number of carbonyl (C=O) groups is 1. The van der Waals surface area contributed by atoms with E-state index in [1.807, 2.05) is 31.2 Å². The van der Waals surface area contributed by atoms with Crippen molar-refractivity contribution in [3.63, 3.8) is 0 Å². The van der Waals surface area contributed by atoms with Gasteiger partial charge in [0.05, 0.1) is 11.5 Å². The quantitative estimate of drug-likeness (QED) is 0.625. The van der Waals surface area contributed by atoms with E-state index in [9.17, 15) is 14.9 Å². The van der Waals surface area contributed by atoms with E-state index in [4.69, 9.17) is 4.74 Å². The van der Waals surface area contributed by atoms with Gasteiger partial charge in [0.2, 0.25) is 5.91 Å². The minimum Gasteiger partial charge on any atom is -0.494 e. The molecular formula is C17H18N2O4. The molecule has 0 atom stereocenters.